The van der Waals surface area contributed by atoms with Crippen LogP contribution in [0.5, 0.6) is 5.88 Å². The summed E-state index contributed by atoms with van der Waals surface area (Å²) < 4.78 is 7.27. The van der Waals surface area contributed by atoms with Gasteiger partial charge in [0.15, 0.2) is 5.69 Å². The average molecular weight is 417 g/mol. The Kier molecular flexibility index (Phi) is 6.40. The van der Waals surface area contributed by atoms with Gasteiger partial charge in [-0.1, -0.05) is 54.3 Å². The molecule has 1 aromatic carbocycles. The fourth-order valence-electron chi connectivity index (χ4n) is 4.17. The fourth-order valence-corrected chi connectivity index (χ4v) is 4.44. The number of rotatable bonds is 5. The van der Waals surface area contributed by atoms with Gasteiger partial charge in [0, 0.05) is 19.5 Å². The molecule has 2 aliphatic heterocycles. The molecule has 0 saturated carbocycles. The summed E-state index contributed by atoms with van der Waals surface area (Å²) in [5.74, 6) is 0.262. The number of nitrogens with one attached hydrogen (secondary N) is 1. The van der Waals surface area contributed by atoms with Crippen LogP contribution in [0.3, 0.4) is 0 Å². The standard InChI is InChI=1S/C22H29ClN4O2/c1-16-7-9-17(10-8-16)18(26-11-4-2-3-5-12-26)15-24-21(28)20-19(23)22-27(25-20)13-6-14-29-22/h7-10,18H,2-6,11-15H2,1H3,(H,24,28). The first kappa shape index (κ1) is 20.2. The van der Waals surface area contributed by atoms with Crippen molar-refractivity contribution in [3.8, 4) is 5.88 Å². The first-order chi connectivity index (χ1) is 14.1. The minimum Gasteiger partial charge on any atom is -0.477 e. The molecule has 1 fully saturated rings. The van der Waals surface area contributed by atoms with E-state index in [-0.39, 0.29) is 17.6 Å². The molecule has 1 N–H and O–H groups in total. The molecular weight excluding hydrogens is 388 g/mol. The summed E-state index contributed by atoms with van der Waals surface area (Å²) in [5, 5.41) is 7.77. The van der Waals surface area contributed by atoms with E-state index in [9.17, 15) is 4.79 Å². The van der Waals surface area contributed by atoms with Gasteiger partial charge in [-0.3, -0.25) is 9.69 Å². The summed E-state index contributed by atoms with van der Waals surface area (Å²) in [6.45, 7) is 6.07. The maximum atomic E-state index is 12.9. The quantitative estimate of drug-likeness (QED) is 0.801. The van der Waals surface area contributed by atoms with E-state index < -0.39 is 0 Å². The number of ether oxygens (including phenoxy) is 1. The molecule has 3 heterocycles. The number of hydrogen-bond acceptors (Lipinski definition) is 4. The van der Waals surface area contributed by atoms with Crippen LogP contribution in [0, 0.1) is 6.92 Å². The lowest BCUT2D eigenvalue weighted by Crippen LogP contribution is -2.39. The van der Waals surface area contributed by atoms with Crippen LogP contribution in [0.25, 0.3) is 0 Å². The second kappa shape index (κ2) is 9.18. The van der Waals surface area contributed by atoms with Gasteiger partial charge in [0.25, 0.3) is 5.91 Å². The van der Waals surface area contributed by atoms with Crippen LogP contribution < -0.4 is 10.1 Å². The summed E-state index contributed by atoms with van der Waals surface area (Å²) in [6.07, 6.45) is 5.83. The van der Waals surface area contributed by atoms with E-state index >= 15 is 0 Å². The first-order valence-electron chi connectivity index (χ1n) is 10.6. The zero-order valence-electron chi connectivity index (χ0n) is 17.0. The fraction of sp³-hybridized carbons (Fsp3) is 0.545. The molecule has 1 unspecified atom stereocenters. The van der Waals surface area contributed by atoms with E-state index in [0.29, 0.717) is 24.1 Å². The van der Waals surface area contributed by atoms with Crippen molar-refractivity contribution in [2.24, 2.45) is 0 Å². The molecular formula is C22H29ClN4O2. The molecule has 7 heteroatoms. The van der Waals surface area contributed by atoms with Crippen molar-refractivity contribution in [2.75, 3.05) is 26.2 Å². The Bertz CT molecular complexity index is 841. The van der Waals surface area contributed by atoms with Crippen LogP contribution in [-0.4, -0.2) is 46.8 Å². The predicted molar refractivity (Wildman–Crippen MR) is 114 cm³/mol. The van der Waals surface area contributed by atoms with Gasteiger partial charge < -0.3 is 10.1 Å². The monoisotopic (exact) mass is 416 g/mol. The number of aromatic nitrogens is 2. The van der Waals surface area contributed by atoms with Crippen LogP contribution >= 0.6 is 11.6 Å². The van der Waals surface area contributed by atoms with Gasteiger partial charge in [-0.15, -0.1) is 0 Å². The highest BCUT2D eigenvalue weighted by Gasteiger charge is 2.27. The number of halogens is 1. The topological polar surface area (TPSA) is 59.4 Å². The predicted octanol–water partition coefficient (Wildman–Crippen LogP) is 3.97. The van der Waals surface area contributed by atoms with Crippen LogP contribution in [0.2, 0.25) is 5.02 Å². The Morgan fingerprint density at radius 1 is 1.14 bits per heavy atom. The van der Waals surface area contributed by atoms with Crippen LogP contribution in [0.1, 0.15) is 59.8 Å². The highest BCUT2D eigenvalue weighted by molar-refractivity contribution is 6.34. The highest BCUT2D eigenvalue weighted by Crippen LogP contribution is 2.31. The number of amides is 1. The van der Waals surface area contributed by atoms with E-state index in [0.717, 1.165) is 26.1 Å². The van der Waals surface area contributed by atoms with Gasteiger partial charge in [-0.25, -0.2) is 4.68 Å². The number of aryl methyl sites for hydroxylation is 2. The lowest BCUT2D eigenvalue weighted by Gasteiger charge is -2.31. The summed E-state index contributed by atoms with van der Waals surface area (Å²) in [5.41, 5.74) is 2.72. The van der Waals surface area contributed by atoms with Crippen LogP contribution in [-0.2, 0) is 6.54 Å². The lowest BCUT2D eigenvalue weighted by molar-refractivity contribution is 0.0927. The van der Waals surface area contributed by atoms with Crippen LogP contribution in [0.4, 0.5) is 0 Å². The molecule has 0 radical (unpaired) electrons. The number of fused-ring (bicyclic) bond motifs is 1. The molecule has 156 valence electrons. The molecule has 0 bridgehead atoms. The van der Waals surface area contributed by atoms with E-state index in [1.54, 1.807) is 4.68 Å². The zero-order chi connectivity index (χ0) is 20.2. The third kappa shape index (κ3) is 4.59. The van der Waals surface area contributed by atoms with Gasteiger partial charge in [0.05, 0.1) is 12.6 Å². The maximum Gasteiger partial charge on any atom is 0.273 e. The second-order valence-electron chi connectivity index (χ2n) is 7.98. The van der Waals surface area contributed by atoms with E-state index in [1.807, 2.05) is 0 Å². The van der Waals surface area contributed by atoms with Gasteiger partial charge in [-0.05, 0) is 38.4 Å². The van der Waals surface area contributed by atoms with Crippen molar-refractivity contribution in [2.45, 2.75) is 51.6 Å². The third-order valence-corrected chi connectivity index (χ3v) is 6.16. The van der Waals surface area contributed by atoms with Crippen LogP contribution in [0.15, 0.2) is 24.3 Å². The molecule has 2 aliphatic rings. The van der Waals surface area contributed by atoms with Crippen molar-refractivity contribution >= 4 is 17.5 Å². The molecule has 2 aromatic rings. The Morgan fingerprint density at radius 2 is 1.86 bits per heavy atom. The Balaban J connectivity index is 1.50. The number of benzene rings is 1. The number of hydrogen-bond donors (Lipinski definition) is 1. The smallest absolute Gasteiger partial charge is 0.273 e. The molecule has 1 atom stereocenters. The molecule has 0 aliphatic carbocycles. The number of carbonyl (C=O) groups excluding carboxylic acids is 1. The van der Waals surface area contributed by atoms with E-state index in [4.69, 9.17) is 16.3 Å². The number of likely N-dealkylation sites (tertiary alicyclic amines) is 1. The van der Waals surface area contributed by atoms with Gasteiger partial charge >= 0.3 is 0 Å². The molecule has 4 rings (SSSR count). The van der Waals surface area contributed by atoms with Crippen molar-refractivity contribution < 1.29 is 9.53 Å². The van der Waals surface area contributed by atoms with E-state index in [1.165, 1.54) is 36.8 Å². The molecule has 0 spiro atoms. The Hall–Kier alpha value is -2.05. The van der Waals surface area contributed by atoms with E-state index in [2.05, 4.69) is 46.5 Å². The van der Waals surface area contributed by atoms with Crippen molar-refractivity contribution in [1.82, 2.24) is 20.0 Å². The molecule has 1 saturated heterocycles. The summed E-state index contributed by atoms with van der Waals surface area (Å²) in [6, 6.07) is 8.77. The third-order valence-electron chi connectivity index (χ3n) is 5.82. The van der Waals surface area contributed by atoms with Crippen molar-refractivity contribution in [3.63, 3.8) is 0 Å². The largest absolute Gasteiger partial charge is 0.477 e. The summed E-state index contributed by atoms with van der Waals surface area (Å²) in [7, 11) is 0. The lowest BCUT2D eigenvalue weighted by atomic mass is 10.0. The summed E-state index contributed by atoms with van der Waals surface area (Å²) >= 11 is 6.38. The highest BCUT2D eigenvalue weighted by atomic mass is 35.5. The van der Waals surface area contributed by atoms with Gasteiger partial charge in [-0.2, -0.15) is 5.10 Å². The number of nitrogens with zero attached hydrogens (tertiary/aromatic N) is 3. The van der Waals surface area contributed by atoms with Crippen molar-refractivity contribution in [1.29, 1.82) is 0 Å². The minimum absolute atomic E-state index is 0.143. The number of carbonyl (C=O) groups is 1. The Morgan fingerprint density at radius 3 is 2.55 bits per heavy atom. The first-order valence-corrected chi connectivity index (χ1v) is 11.0. The van der Waals surface area contributed by atoms with Gasteiger partial charge in [0.1, 0.15) is 5.02 Å². The average Bonchev–Trinajstić information content (AvgIpc) is 2.90. The zero-order valence-corrected chi connectivity index (χ0v) is 17.7. The van der Waals surface area contributed by atoms with Gasteiger partial charge in [0.2, 0.25) is 5.88 Å². The SMILES string of the molecule is Cc1ccc(C(CNC(=O)c2nn3c(c2Cl)OCCC3)N2CCCCCC2)cc1. The summed E-state index contributed by atoms with van der Waals surface area (Å²) in [4.78, 5) is 15.4. The van der Waals surface area contributed by atoms with Crippen molar-refractivity contribution in [3.05, 3.63) is 46.1 Å². The Labute approximate surface area is 177 Å². The minimum atomic E-state index is -0.243. The maximum absolute atomic E-state index is 12.9. The normalized spacial score (nSPS) is 18.4. The second-order valence-corrected chi connectivity index (χ2v) is 8.36. The molecule has 1 amide bonds. The molecule has 29 heavy (non-hydrogen) atoms. The molecule has 6 nitrogen and oxygen atoms in total. The molecule has 1 aromatic heterocycles.